The van der Waals surface area contributed by atoms with Crippen LogP contribution in [-0.2, 0) is 6.42 Å². The van der Waals surface area contributed by atoms with Crippen LogP contribution >= 0.6 is 12.2 Å². The third kappa shape index (κ3) is 1.00. The Morgan fingerprint density at radius 3 is 2.58 bits per heavy atom. The van der Waals surface area contributed by atoms with Crippen molar-refractivity contribution >= 4 is 17.1 Å². The lowest BCUT2D eigenvalue weighted by Gasteiger charge is -2.16. The van der Waals surface area contributed by atoms with Crippen molar-refractivity contribution in [3.8, 4) is 0 Å². The Morgan fingerprint density at radius 2 is 1.92 bits per heavy atom. The fourth-order valence-electron chi connectivity index (χ4n) is 1.82. The number of hydrogen-bond donors (Lipinski definition) is 0. The summed E-state index contributed by atoms with van der Waals surface area (Å²) < 4.78 is 0. The molecule has 0 nitrogen and oxygen atoms in total. The second-order valence-corrected chi connectivity index (χ2v) is 4.46. The van der Waals surface area contributed by atoms with Crippen molar-refractivity contribution in [3.05, 3.63) is 35.4 Å². The molecular formula is C11H12S. The Bertz CT molecular complexity index is 337. The molecule has 1 aliphatic carbocycles. The van der Waals surface area contributed by atoms with E-state index in [0.717, 1.165) is 11.3 Å². The van der Waals surface area contributed by atoms with Gasteiger partial charge in [-0.25, -0.2) is 0 Å². The molecular weight excluding hydrogens is 164 g/mol. The van der Waals surface area contributed by atoms with E-state index in [9.17, 15) is 0 Å². The van der Waals surface area contributed by atoms with E-state index in [4.69, 9.17) is 12.2 Å². The van der Waals surface area contributed by atoms with Crippen molar-refractivity contribution in [1.29, 1.82) is 0 Å². The normalized spacial score (nSPS) is 19.3. The fraction of sp³-hybridized carbons (Fsp3) is 0.364. The predicted octanol–water partition coefficient (Wildman–Crippen LogP) is 2.99. The summed E-state index contributed by atoms with van der Waals surface area (Å²) >= 11 is 5.41. The van der Waals surface area contributed by atoms with Crippen LogP contribution in [0.15, 0.2) is 24.3 Å². The van der Waals surface area contributed by atoms with Gasteiger partial charge in [0.1, 0.15) is 0 Å². The molecule has 0 bridgehead atoms. The van der Waals surface area contributed by atoms with Gasteiger partial charge in [0.05, 0.1) is 0 Å². The predicted molar refractivity (Wildman–Crippen MR) is 55.6 cm³/mol. The van der Waals surface area contributed by atoms with Crippen molar-refractivity contribution in [3.63, 3.8) is 0 Å². The number of hydrogen-bond acceptors (Lipinski definition) is 1. The second-order valence-electron chi connectivity index (χ2n) is 4.05. The molecule has 0 aliphatic heterocycles. The average molecular weight is 176 g/mol. The summed E-state index contributed by atoms with van der Waals surface area (Å²) in [6.07, 6.45) is 1.10. The van der Waals surface area contributed by atoms with Crippen LogP contribution in [0, 0.1) is 5.41 Å². The van der Waals surface area contributed by atoms with Crippen LogP contribution in [0.1, 0.15) is 25.0 Å². The van der Waals surface area contributed by atoms with E-state index in [1.54, 1.807) is 0 Å². The lowest BCUT2D eigenvalue weighted by molar-refractivity contribution is 0.547. The zero-order valence-electron chi connectivity index (χ0n) is 7.42. The van der Waals surface area contributed by atoms with Crippen LogP contribution in [0.5, 0.6) is 0 Å². The molecule has 0 saturated heterocycles. The molecule has 0 atom stereocenters. The Balaban J connectivity index is 2.57. The van der Waals surface area contributed by atoms with Gasteiger partial charge in [-0.3, -0.25) is 0 Å². The third-order valence-electron chi connectivity index (χ3n) is 2.51. The first kappa shape index (κ1) is 7.93. The standard InChI is InChI=1S/C11H12S/c1-11(2)7-8-5-3-4-6-9(8)10(11)12/h3-6H,7H2,1-2H3. The molecule has 0 radical (unpaired) electrons. The zero-order valence-corrected chi connectivity index (χ0v) is 8.24. The van der Waals surface area contributed by atoms with E-state index in [1.165, 1.54) is 11.1 Å². The molecule has 1 aliphatic rings. The maximum atomic E-state index is 5.41. The summed E-state index contributed by atoms with van der Waals surface area (Å²) in [5.41, 5.74) is 2.89. The van der Waals surface area contributed by atoms with Gasteiger partial charge in [-0.05, 0) is 17.5 Å². The van der Waals surface area contributed by atoms with E-state index in [2.05, 4.69) is 38.1 Å². The number of benzene rings is 1. The highest BCUT2D eigenvalue weighted by molar-refractivity contribution is 7.81. The first-order valence-corrected chi connectivity index (χ1v) is 4.65. The van der Waals surface area contributed by atoms with Gasteiger partial charge in [0.25, 0.3) is 0 Å². The molecule has 0 fully saturated rings. The lowest BCUT2D eigenvalue weighted by atomic mass is 9.90. The molecule has 1 heteroatoms. The van der Waals surface area contributed by atoms with Gasteiger partial charge in [0, 0.05) is 10.3 Å². The second kappa shape index (κ2) is 2.40. The monoisotopic (exact) mass is 176 g/mol. The summed E-state index contributed by atoms with van der Waals surface area (Å²) in [6.45, 7) is 4.44. The van der Waals surface area contributed by atoms with Crippen LogP contribution in [0.25, 0.3) is 0 Å². The average Bonchev–Trinajstić information content (AvgIpc) is 2.24. The molecule has 0 saturated carbocycles. The molecule has 0 spiro atoms. The number of thiocarbonyl (C=S) groups is 1. The maximum Gasteiger partial charge on any atom is 0.0286 e. The van der Waals surface area contributed by atoms with Gasteiger partial charge in [-0.15, -0.1) is 0 Å². The lowest BCUT2D eigenvalue weighted by Crippen LogP contribution is -2.17. The van der Waals surface area contributed by atoms with Crippen molar-refractivity contribution < 1.29 is 0 Å². The van der Waals surface area contributed by atoms with E-state index >= 15 is 0 Å². The van der Waals surface area contributed by atoms with E-state index in [0.29, 0.717) is 0 Å². The third-order valence-corrected chi connectivity index (χ3v) is 3.28. The molecule has 1 aromatic carbocycles. The first-order valence-electron chi connectivity index (χ1n) is 4.24. The molecule has 62 valence electrons. The van der Waals surface area contributed by atoms with Gasteiger partial charge >= 0.3 is 0 Å². The topological polar surface area (TPSA) is 0 Å². The molecule has 0 unspecified atom stereocenters. The van der Waals surface area contributed by atoms with E-state index in [1.807, 2.05) is 0 Å². The molecule has 0 N–H and O–H groups in total. The Hall–Kier alpha value is -0.690. The van der Waals surface area contributed by atoms with Crippen molar-refractivity contribution in [2.24, 2.45) is 5.41 Å². The van der Waals surface area contributed by atoms with Crippen LogP contribution in [-0.4, -0.2) is 4.86 Å². The van der Waals surface area contributed by atoms with Gasteiger partial charge in [0.15, 0.2) is 0 Å². The molecule has 0 amide bonds. The zero-order chi connectivity index (χ0) is 8.77. The van der Waals surface area contributed by atoms with Crippen molar-refractivity contribution in [1.82, 2.24) is 0 Å². The molecule has 12 heavy (non-hydrogen) atoms. The highest BCUT2D eigenvalue weighted by Gasteiger charge is 2.33. The van der Waals surface area contributed by atoms with Gasteiger partial charge in [0.2, 0.25) is 0 Å². The SMILES string of the molecule is CC1(C)Cc2ccccc2C1=S. The number of fused-ring (bicyclic) bond motifs is 1. The Kier molecular flexibility index (Phi) is 1.58. The quantitative estimate of drug-likeness (QED) is 0.548. The minimum atomic E-state index is 0.193. The van der Waals surface area contributed by atoms with Crippen LogP contribution in [0.2, 0.25) is 0 Å². The Labute approximate surface area is 78.6 Å². The molecule has 2 rings (SSSR count). The number of rotatable bonds is 0. The largest absolute Gasteiger partial charge is 0.0837 e. The van der Waals surface area contributed by atoms with Crippen LogP contribution in [0.4, 0.5) is 0 Å². The van der Waals surface area contributed by atoms with Crippen molar-refractivity contribution in [2.75, 3.05) is 0 Å². The minimum Gasteiger partial charge on any atom is -0.0837 e. The first-order chi connectivity index (χ1) is 5.61. The molecule has 0 heterocycles. The van der Waals surface area contributed by atoms with Gasteiger partial charge in [-0.2, -0.15) is 0 Å². The summed E-state index contributed by atoms with van der Waals surface area (Å²) in [5, 5.41) is 0. The van der Waals surface area contributed by atoms with Crippen molar-refractivity contribution in [2.45, 2.75) is 20.3 Å². The van der Waals surface area contributed by atoms with Crippen LogP contribution in [0.3, 0.4) is 0 Å². The van der Waals surface area contributed by atoms with E-state index in [-0.39, 0.29) is 5.41 Å². The van der Waals surface area contributed by atoms with E-state index < -0.39 is 0 Å². The highest BCUT2D eigenvalue weighted by Crippen LogP contribution is 2.36. The fourth-order valence-corrected chi connectivity index (χ4v) is 2.09. The molecule has 1 aromatic rings. The summed E-state index contributed by atoms with van der Waals surface area (Å²) in [7, 11) is 0. The molecule has 0 aromatic heterocycles. The minimum absolute atomic E-state index is 0.193. The van der Waals surface area contributed by atoms with Gasteiger partial charge in [-0.1, -0.05) is 50.3 Å². The van der Waals surface area contributed by atoms with Crippen LogP contribution < -0.4 is 0 Å². The Morgan fingerprint density at radius 1 is 1.25 bits per heavy atom. The summed E-state index contributed by atoms with van der Waals surface area (Å²) in [6, 6.07) is 8.46. The summed E-state index contributed by atoms with van der Waals surface area (Å²) in [4.78, 5) is 1.12. The highest BCUT2D eigenvalue weighted by atomic mass is 32.1. The summed E-state index contributed by atoms with van der Waals surface area (Å²) in [5.74, 6) is 0. The van der Waals surface area contributed by atoms with Gasteiger partial charge < -0.3 is 0 Å². The maximum absolute atomic E-state index is 5.41. The smallest absolute Gasteiger partial charge is 0.0286 e.